The maximum Gasteiger partial charge on any atom is 0.291 e. The summed E-state index contributed by atoms with van der Waals surface area (Å²) >= 11 is 11.7. The Hall–Kier alpha value is -2.90. The fraction of sp³-hybridized carbons (Fsp3) is 0. The largest absolute Gasteiger partial charge is 0.451 e. The summed E-state index contributed by atoms with van der Waals surface area (Å²) in [5.41, 5.74) is 0.547. The van der Waals surface area contributed by atoms with E-state index in [1.165, 1.54) is 42.5 Å². The number of benzene rings is 2. The minimum absolute atomic E-state index is 0.0186. The van der Waals surface area contributed by atoms with Gasteiger partial charge < -0.3 is 9.73 Å². The summed E-state index contributed by atoms with van der Waals surface area (Å²) in [6.45, 7) is 0. The highest BCUT2D eigenvalue weighted by atomic mass is 35.5. The van der Waals surface area contributed by atoms with Crippen LogP contribution >= 0.6 is 23.2 Å². The van der Waals surface area contributed by atoms with Gasteiger partial charge in [-0.3, -0.25) is 14.9 Å². The number of anilines is 1. The van der Waals surface area contributed by atoms with E-state index in [4.69, 9.17) is 27.6 Å². The van der Waals surface area contributed by atoms with Crippen LogP contribution in [-0.2, 0) is 0 Å². The number of halogens is 3. The SMILES string of the molecule is O=C(Nc1ccc(F)c(Cl)c1)c1ccc(-c2ccc([N+](=O)[O-])cc2Cl)o1. The molecule has 3 rings (SSSR count). The molecule has 0 aliphatic heterocycles. The Bertz CT molecular complexity index is 1020. The fourth-order valence-electron chi connectivity index (χ4n) is 2.19. The second-order valence-corrected chi connectivity index (χ2v) is 5.98. The molecule has 6 nitrogen and oxygen atoms in total. The molecule has 3 aromatic rings. The number of hydrogen-bond acceptors (Lipinski definition) is 4. The third-order valence-corrected chi connectivity index (χ3v) is 4.04. The lowest BCUT2D eigenvalue weighted by Crippen LogP contribution is -2.10. The maximum absolute atomic E-state index is 13.1. The average Bonchev–Trinajstić information content (AvgIpc) is 3.08. The molecule has 0 saturated heterocycles. The highest BCUT2D eigenvalue weighted by Gasteiger charge is 2.16. The van der Waals surface area contributed by atoms with Crippen LogP contribution in [0, 0.1) is 15.9 Å². The Balaban J connectivity index is 1.82. The number of amides is 1. The van der Waals surface area contributed by atoms with Crippen molar-refractivity contribution >= 4 is 40.5 Å². The molecular weight excluding hydrogens is 386 g/mol. The standard InChI is InChI=1S/C17H9Cl2FN2O4/c18-12-8-10(22(24)25)2-3-11(12)15-5-6-16(26-15)17(23)21-9-1-4-14(20)13(19)7-9/h1-8H,(H,21,23). The van der Waals surface area contributed by atoms with Gasteiger partial charge in [-0.2, -0.15) is 0 Å². The summed E-state index contributed by atoms with van der Waals surface area (Å²) in [7, 11) is 0. The zero-order chi connectivity index (χ0) is 18.8. The molecule has 2 aromatic carbocycles. The molecule has 0 spiro atoms. The summed E-state index contributed by atoms with van der Waals surface area (Å²) in [5, 5.41) is 13.3. The van der Waals surface area contributed by atoms with E-state index in [-0.39, 0.29) is 27.3 Å². The number of nitro groups is 1. The minimum atomic E-state index is -0.599. The zero-order valence-electron chi connectivity index (χ0n) is 12.8. The number of nitro benzene ring substituents is 1. The van der Waals surface area contributed by atoms with Gasteiger partial charge in [-0.1, -0.05) is 23.2 Å². The van der Waals surface area contributed by atoms with Crippen LogP contribution in [0.3, 0.4) is 0 Å². The topological polar surface area (TPSA) is 85.4 Å². The fourth-order valence-corrected chi connectivity index (χ4v) is 2.64. The van der Waals surface area contributed by atoms with Gasteiger partial charge in [0.15, 0.2) is 5.76 Å². The zero-order valence-corrected chi connectivity index (χ0v) is 14.3. The van der Waals surface area contributed by atoms with Gasteiger partial charge in [0.25, 0.3) is 11.6 Å². The average molecular weight is 395 g/mol. The van der Waals surface area contributed by atoms with Crippen molar-refractivity contribution in [1.82, 2.24) is 0 Å². The van der Waals surface area contributed by atoms with Gasteiger partial charge in [0.05, 0.1) is 15.0 Å². The molecule has 1 amide bonds. The van der Waals surface area contributed by atoms with Crippen molar-refractivity contribution in [3.8, 4) is 11.3 Å². The van der Waals surface area contributed by atoms with Crippen LogP contribution in [0.1, 0.15) is 10.6 Å². The van der Waals surface area contributed by atoms with E-state index in [2.05, 4.69) is 5.32 Å². The van der Waals surface area contributed by atoms with E-state index < -0.39 is 16.6 Å². The van der Waals surface area contributed by atoms with E-state index in [0.717, 1.165) is 6.07 Å². The summed E-state index contributed by atoms with van der Waals surface area (Å²) < 4.78 is 18.6. The van der Waals surface area contributed by atoms with Crippen LogP contribution in [-0.4, -0.2) is 10.8 Å². The highest BCUT2D eigenvalue weighted by molar-refractivity contribution is 6.33. The van der Waals surface area contributed by atoms with E-state index in [1.54, 1.807) is 0 Å². The maximum atomic E-state index is 13.1. The van der Waals surface area contributed by atoms with Crippen molar-refractivity contribution in [2.24, 2.45) is 0 Å². The Morgan fingerprint density at radius 3 is 2.50 bits per heavy atom. The predicted octanol–water partition coefficient (Wildman–Crippen LogP) is 5.55. The lowest BCUT2D eigenvalue weighted by atomic mass is 10.1. The van der Waals surface area contributed by atoms with Gasteiger partial charge in [-0.25, -0.2) is 4.39 Å². The number of furan rings is 1. The van der Waals surface area contributed by atoms with E-state index >= 15 is 0 Å². The van der Waals surface area contributed by atoms with Crippen molar-refractivity contribution in [1.29, 1.82) is 0 Å². The molecule has 0 saturated carbocycles. The highest BCUT2D eigenvalue weighted by Crippen LogP contribution is 2.32. The number of carbonyl (C=O) groups is 1. The van der Waals surface area contributed by atoms with Gasteiger partial charge in [0.2, 0.25) is 0 Å². The number of non-ortho nitro benzene ring substituents is 1. The molecule has 0 bridgehead atoms. The van der Waals surface area contributed by atoms with Gasteiger partial charge in [0, 0.05) is 23.4 Å². The Labute approximate surface area is 156 Å². The first-order valence-electron chi connectivity index (χ1n) is 7.15. The van der Waals surface area contributed by atoms with Crippen molar-refractivity contribution in [2.75, 3.05) is 5.32 Å². The van der Waals surface area contributed by atoms with Crippen LogP contribution in [0.25, 0.3) is 11.3 Å². The smallest absolute Gasteiger partial charge is 0.291 e. The molecule has 0 unspecified atom stereocenters. The van der Waals surface area contributed by atoms with Crippen LogP contribution in [0.15, 0.2) is 52.9 Å². The van der Waals surface area contributed by atoms with Gasteiger partial charge in [0.1, 0.15) is 11.6 Å². The molecule has 0 fully saturated rings. The van der Waals surface area contributed by atoms with Crippen LogP contribution in [0.5, 0.6) is 0 Å². The predicted molar refractivity (Wildman–Crippen MR) is 95.2 cm³/mol. The van der Waals surface area contributed by atoms with E-state index in [9.17, 15) is 19.3 Å². The van der Waals surface area contributed by atoms with Crippen LogP contribution in [0.2, 0.25) is 10.0 Å². The third kappa shape index (κ3) is 3.68. The third-order valence-electron chi connectivity index (χ3n) is 3.44. The molecule has 9 heteroatoms. The van der Waals surface area contributed by atoms with Crippen molar-refractivity contribution in [3.63, 3.8) is 0 Å². The summed E-state index contributed by atoms with van der Waals surface area (Å²) in [4.78, 5) is 22.4. The molecule has 1 aromatic heterocycles. The minimum Gasteiger partial charge on any atom is -0.451 e. The molecular formula is C17H9Cl2FN2O4. The van der Waals surface area contributed by atoms with E-state index in [0.29, 0.717) is 11.3 Å². The van der Waals surface area contributed by atoms with Crippen LogP contribution < -0.4 is 5.32 Å². The second-order valence-electron chi connectivity index (χ2n) is 5.17. The summed E-state index contributed by atoms with van der Waals surface area (Å²) in [6, 6.07) is 10.6. The second kappa shape index (κ2) is 7.15. The van der Waals surface area contributed by atoms with Gasteiger partial charge >= 0.3 is 0 Å². The molecule has 0 atom stereocenters. The van der Waals surface area contributed by atoms with E-state index in [1.807, 2.05) is 0 Å². The quantitative estimate of drug-likeness (QED) is 0.463. The number of nitrogens with zero attached hydrogens (tertiary/aromatic N) is 1. The first-order valence-corrected chi connectivity index (χ1v) is 7.91. The first-order chi connectivity index (χ1) is 12.3. The number of rotatable bonds is 4. The van der Waals surface area contributed by atoms with Crippen molar-refractivity contribution in [2.45, 2.75) is 0 Å². The molecule has 1 N–H and O–H groups in total. The van der Waals surface area contributed by atoms with Crippen molar-refractivity contribution in [3.05, 3.63) is 80.3 Å². The number of nitrogens with one attached hydrogen (secondary N) is 1. The molecule has 26 heavy (non-hydrogen) atoms. The Morgan fingerprint density at radius 2 is 1.85 bits per heavy atom. The lowest BCUT2D eigenvalue weighted by molar-refractivity contribution is -0.384. The number of hydrogen-bond donors (Lipinski definition) is 1. The van der Waals surface area contributed by atoms with Gasteiger partial charge in [-0.05, 0) is 36.4 Å². The summed E-state index contributed by atoms with van der Waals surface area (Å²) in [6.07, 6.45) is 0. The molecule has 132 valence electrons. The first kappa shape index (κ1) is 17.9. The number of carbonyl (C=O) groups excluding carboxylic acids is 1. The van der Waals surface area contributed by atoms with Gasteiger partial charge in [-0.15, -0.1) is 0 Å². The van der Waals surface area contributed by atoms with Crippen molar-refractivity contribution < 1.29 is 18.5 Å². The molecule has 0 aliphatic carbocycles. The Morgan fingerprint density at radius 1 is 1.08 bits per heavy atom. The molecule has 0 aliphatic rings. The summed E-state index contributed by atoms with van der Waals surface area (Å²) in [5.74, 6) is -0.920. The van der Waals surface area contributed by atoms with Crippen LogP contribution in [0.4, 0.5) is 15.8 Å². The molecule has 1 heterocycles. The normalized spacial score (nSPS) is 10.6. The lowest BCUT2D eigenvalue weighted by Gasteiger charge is -2.04. The molecule has 0 radical (unpaired) electrons. The monoisotopic (exact) mass is 394 g/mol. The Kier molecular flexibility index (Phi) is 4.92.